The highest BCUT2D eigenvalue weighted by Crippen LogP contribution is 2.20. The lowest BCUT2D eigenvalue weighted by Crippen LogP contribution is -2.48. The molecule has 33 heavy (non-hydrogen) atoms. The van der Waals surface area contributed by atoms with Crippen LogP contribution in [0, 0.1) is 5.82 Å². The third kappa shape index (κ3) is 5.65. The summed E-state index contributed by atoms with van der Waals surface area (Å²) in [5.74, 6) is -0.858. The molecule has 172 valence electrons. The van der Waals surface area contributed by atoms with Gasteiger partial charge in [-0.25, -0.2) is 12.8 Å². The number of nitrogens with zero attached hydrogens (tertiary/aromatic N) is 2. The summed E-state index contributed by atoms with van der Waals surface area (Å²) in [7, 11) is -3.72. The van der Waals surface area contributed by atoms with Crippen molar-refractivity contribution in [2.45, 2.75) is 18.0 Å². The number of piperazine rings is 1. The van der Waals surface area contributed by atoms with E-state index >= 15 is 0 Å². The molecular weight excluding hydrogens is 441 g/mol. The van der Waals surface area contributed by atoms with Gasteiger partial charge in [-0.15, -0.1) is 0 Å². The van der Waals surface area contributed by atoms with E-state index < -0.39 is 21.7 Å². The first-order chi connectivity index (χ1) is 15.9. The molecule has 1 aliphatic rings. The number of hydrogen-bond donors (Lipinski definition) is 1. The van der Waals surface area contributed by atoms with Gasteiger partial charge in [-0.2, -0.15) is 4.31 Å². The van der Waals surface area contributed by atoms with Crippen LogP contribution < -0.4 is 5.32 Å². The summed E-state index contributed by atoms with van der Waals surface area (Å²) in [5, 5.41) is 2.65. The fraction of sp³-hybridized carbons (Fsp3) is 0.240. The summed E-state index contributed by atoms with van der Waals surface area (Å²) in [4.78, 5) is 14.9. The summed E-state index contributed by atoms with van der Waals surface area (Å²) in [6.45, 7) is 2.85. The van der Waals surface area contributed by atoms with Crippen LogP contribution in [0.5, 0.6) is 0 Å². The zero-order chi connectivity index (χ0) is 23.3. The lowest BCUT2D eigenvalue weighted by atomic mass is 10.2. The van der Waals surface area contributed by atoms with Crippen molar-refractivity contribution < 1.29 is 17.6 Å². The maximum atomic E-state index is 13.8. The highest BCUT2D eigenvalue weighted by molar-refractivity contribution is 7.89. The Morgan fingerprint density at radius 1 is 0.879 bits per heavy atom. The highest BCUT2D eigenvalue weighted by Gasteiger charge is 2.29. The molecule has 1 amide bonds. The van der Waals surface area contributed by atoms with E-state index in [9.17, 15) is 17.6 Å². The van der Waals surface area contributed by atoms with Gasteiger partial charge in [0.15, 0.2) is 0 Å². The molecule has 0 aliphatic carbocycles. The van der Waals surface area contributed by atoms with E-state index in [0.717, 1.165) is 6.54 Å². The first-order valence-corrected chi connectivity index (χ1v) is 12.3. The zero-order valence-electron chi connectivity index (χ0n) is 18.2. The molecule has 0 saturated carbocycles. The Hall–Kier alpha value is -3.07. The maximum Gasteiger partial charge on any atom is 0.251 e. The molecule has 0 aromatic heterocycles. The molecule has 4 rings (SSSR count). The van der Waals surface area contributed by atoms with Crippen molar-refractivity contribution in [2.75, 3.05) is 26.2 Å². The van der Waals surface area contributed by atoms with Crippen LogP contribution in [0.15, 0.2) is 83.8 Å². The first kappa shape index (κ1) is 23.1. The van der Waals surface area contributed by atoms with Gasteiger partial charge in [-0.05, 0) is 29.8 Å². The second-order valence-electron chi connectivity index (χ2n) is 7.97. The van der Waals surface area contributed by atoms with E-state index in [1.54, 1.807) is 30.3 Å². The quantitative estimate of drug-likeness (QED) is 0.579. The summed E-state index contributed by atoms with van der Waals surface area (Å²) < 4.78 is 41.6. The Morgan fingerprint density at radius 2 is 1.58 bits per heavy atom. The molecule has 1 aliphatic heterocycles. The molecule has 0 unspecified atom stereocenters. The van der Waals surface area contributed by atoms with Gasteiger partial charge >= 0.3 is 0 Å². The van der Waals surface area contributed by atoms with E-state index in [0.29, 0.717) is 31.7 Å². The average Bonchev–Trinajstić information content (AvgIpc) is 2.84. The lowest BCUT2D eigenvalue weighted by molar-refractivity contribution is 0.0950. The van der Waals surface area contributed by atoms with Gasteiger partial charge < -0.3 is 5.32 Å². The maximum absolute atomic E-state index is 13.8. The number of hydrogen-bond acceptors (Lipinski definition) is 4. The molecule has 1 heterocycles. The smallest absolute Gasteiger partial charge is 0.251 e. The van der Waals surface area contributed by atoms with Crippen molar-refractivity contribution in [3.63, 3.8) is 0 Å². The third-order valence-electron chi connectivity index (χ3n) is 5.71. The van der Waals surface area contributed by atoms with Crippen LogP contribution in [0.1, 0.15) is 21.5 Å². The predicted molar refractivity (Wildman–Crippen MR) is 124 cm³/mol. The molecule has 1 fully saturated rings. The van der Waals surface area contributed by atoms with E-state index in [-0.39, 0.29) is 17.0 Å². The number of sulfonamides is 1. The van der Waals surface area contributed by atoms with Crippen LogP contribution in [-0.2, 0) is 23.1 Å². The van der Waals surface area contributed by atoms with Crippen LogP contribution in [0.4, 0.5) is 4.39 Å². The molecule has 1 saturated heterocycles. The molecule has 6 nitrogen and oxygen atoms in total. The fourth-order valence-electron chi connectivity index (χ4n) is 3.84. The van der Waals surface area contributed by atoms with Gasteiger partial charge in [0, 0.05) is 50.4 Å². The molecule has 0 bridgehead atoms. The topological polar surface area (TPSA) is 69.7 Å². The highest BCUT2D eigenvalue weighted by atomic mass is 32.2. The Labute approximate surface area is 193 Å². The van der Waals surface area contributed by atoms with Crippen LogP contribution in [0.3, 0.4) is 0 Å². The Balaban J connectivity index is 1.39. The fourth-order valence-corrected chi connectivity index (χ4v) is 5.30. The molecule has 0 spiro atoms. The van der Waals surface area contributed by atoms with Crippen molar-refractivity contribution in [3.8, 4) is 0 Å². The Bertz CT molecular complexity index is 1210. The van der Waals surface area contributed by atoms with E-state index in [1.807, 2.05) is 18.2 Å². The zero-order valence-corrected chi connectivity index (χ0v) is 19.0. The number of benzene rings is 3. The number of carbonyl (C=O) groups excluding carboxylic acids is 1. The molecular formula is C25H26FN3O3S. The number of halogens is 1. The number of nitrogens with one attached hydrogen (secondary N) is 1. The molecule has 3 aromatic carbocycles. The average molecular weight is 468 g/mol. The van der Waals surface area contributed by atoms with Crippen molar-refractivity contribution in [2.24, 2.45) is 0 Å². The number of rotatable bonds is 7. The minimum atomic E-state index is -3.72. The lowest BCUT2D eigenvalue weighted by Gasteiger charge is -2.34. The summed E-state index contributed by atoms with van der Waals surface area (Å²) in [6, 6.07) is 22.3. The molecule has 3 aromatic rings. The summed E-state index contributed by atoms with van der Waals surface area (Å²) in [5.41, 5.74) is 1.78. The molecule has 1 N–H and O–H groups in total. The minimum absolute atomic E-state index is 0.0197. The van der Waals surface area contributed by atoms with Crippen LogP contribution in [0.25, 0.3) is 0 Å². The molecule has 0 radical (unpaired) electrons. The normalized spacial score (nSPS) is 15.3. The van der Waals surface area contributed by atoms with E-state index in [4.69, 9.17) is 0 Å². The summed E-state index contributed by atoms with van der Waals surface area (Å²) in [6.07, 6.45) is 0. The Kier molecular flexibility index (Phi) is 7.17. The third-order valence-corrected chi connectivity index (χ3v) is 7.61. The second kappa shape index (κ2) is 10.2. The molecule has 0 atom stereocenters. The summed E-state index contributed by atoms with van der Waals surface area (Å²) >= 11 is 0. The standard InChI is InChI=1S/C25H26FN3O3S/c26-24-12-5-4-9-22(24)18-27-25(30)21-10-6-11-23(17-21)33(31,32)29-15-13-28(14-16-29)19-20-7-2-1-3-8-20/h1-12,17H,13-16,18-19H2,(H,27,30). The van der Waals surface area contributed by atoms with Gasteiger partial charge in [-0.3, -0.25) is 9.69 Å². The van der Waals surface area contributed by atoms with Gasteiger partial charge in [0.2, 0.25) is 10.0 Å². The van der Waals surface area contributed by atoms with Gasteiger partial charge in [0.25, 0.3) is 5.91 Å². The van der Waals surface area contributed by atoms with Crippen molar-refractivity contribution in [3.05, 3.63) is 101 Å². The Morgan fingerprint density at radius 3 is 2.30 bits per heavy atom. The second-order valence-corrected chi connectivity index (χ2v) is 9.91. The van der Waals surface area contributed by atoms with E-state index in [2.05, 4.69) is 22.3 Å². The van der Waals surface area contributed by atoms with Crippen LogP contribution in [0.2, 0.25) is 0 Å². The number of carbonyl (C=O) groups is 1. The van der Waals surface area contributed by atoms with E-state index in [1.165, 1.54) is 28.1 Å². The van der Waals surface area contributed by atoms with Crippen LogP contribution >= 0.6 is 0 Å². The first-order valence-electron chi connectivity index (χ1n) is 10.8. The van der Waals surface area contributed by atoms with Gasteiger partial charge in [-0.1, -0.05) is 54.6 Å². The monoisotopic (exact) mass is 467 g/mol. The minimum Gasteiger partial charge on any atom is -0.348 e. The SMILES string of the molecule is O=C(NCc1ccccc1F)c1cccc(S(=O)(=O)N2CCN(Cc3ccccc3)CC2)c1. The van der Waals surface area contributed by atoms with Gasteiger partial charge in [0.05, 0.1) is 4.90 Å². The van der Waals surface area contributed by atoms with Gasteiger partial charge in [0.1, 0.15) is 5.82 Å². The van der Waals surface area contributed by atoms with Crippen molar-refractivity contribution >= 4 is 15.9 Å². The predicted octanol–water partition coefficient (Wildman–Crippen LogP) is 3.26. The number of amides is 1. The largest absolute Gasteiger partial charge is 0.348 e. The van der Waals surface area contributed by atoms with Crippen LogP contribution in [-0.4, -0.2) is 49.7 Å². The van der Waals surface area contributed by atoms with Crippen molar-refractivity contribution in [1.29, 1.82) is 0 Å². The van der Waals surface area contributed by atoms with Crippen molar-refractivity contribution in [1.82, 2.24) is 14.5 Å². The molecule has 8 heteroatoms.